The van der Waals surface area contributed by atoms with Gasteiger partial charge in [0.1, 0.15) is 0 Å². The number of thiophene rings is 1. The lowest BCUT2D eigenvalue weighted by molar-refractivity contribution is 0.0959. The lowest BCUT2D eigenvalue weighted by Crippen LogP contribution is -2.16. The molecule has 0 bridgehead atoms. The summed E-state index contributed by atoms with van der Waals surface area (Å²) < 4.78 is 15.7. The maximum Gasteiger partial charge on any atom is 0.281 e. The SMILES string of the molecule is COc1cc(/C=N\NC(=O)c2cccs2)cc(OC)c1OC. The molecule has 1 aromatic heterocycles. The summed E-state index contributed by atoms with van der Waals surface area (Å²) in [6.45, 7) is 0. The van der Waals surface area contributed by atoms with E-state index in [0.717, 1.165) is 0 Å². The largest absolute Gasteiger partial charge is 0.493 e. The number of ether oxygens (including phenoxy) is 3. The monoisotopic (exact) mass is 320 g/mol. The number of benzene rings is 1. The van der Waals surface area contributed by atoms with E-state index in [1.54, 1.807) is 18.2 Å². The third-order valence-corrected chi connectivity index (χ3v) is 3.68. The standard InChI is InChI=1S/C15H16N2O4S/c1-19-11-7-10(8-12(20-2)14(11)21-3)9-16-17-15(18)13-5-4-6-22-13/h4-9H,1-3H3,(H,17,18)/b16-9-. The highest BCUT2D eigenvalue weighted by Crippen LogP contribution is 2.37. The Morgan fingerprint density at radius 3 is 2.36 bits per heavy atom. The number of nitrogens with zero attached hydrogens (tertiary/aromatic N) is 1. The first-order chi connectivity index (χ1) is 10.7. The van der Waals surface area contributed by atoms with Gasteiger partial charge < -0.3 is 14.2 Å². The van der Waals surface area contributed by atoms with Crippen LogP contribution in [0.1, 0.15) is 15.2 Å². The van der Waals surface area contributed by atoms with E-state index in [0.29, 0.717) is 27.7 Å². The van der Waals surface area contributed by atoms with Crippen LogP contribution in [-0.4, -0.2) is 33.5 Å². The summed E-state index contributed by atoms with van der Waals surface area (Å²) >= 11 is 1.35. The molecule has 1 aromatic carbocycles. The smallest absolute Gasteiger partial charge is 0.281 e. The minimum absolute atomic E-state index is 0.251. The van der Waals surface area contributed by atoms with Gasteiger partial charge in [-0.15, -0.1) is 11.3 Å². The highest BCUT2D eigenvalue weighted by molar-refractivity contribution is 7.12. The summed E-state index contributed by atoms with van der Waals surface area (Å²) in [5, 5.41) is 5.77. The number of carbonyl (C=O) groups excluding carboxylic acids is 1. The van der Waals surface area contributed by atoms with Crippen molar-refractivity contribution < 1.29 is 19.0 Å². The lowest BCUT2D eigenvalue weighted by atomic mass is 10.2. The molecule has 0 aliphatic rings. The van der Waals surface area contributed by atoms with Crippen LogP contribution in [0.25, 0.3) is 0 Å². The van der Waals surface area contributed by atoms with Crippen LogP contribution in [-0.2, 0) is 0 Å². The van der Waals surface area contributed by atoms with Crippen molar-refractivity contribution in [3.63, 3.8) is 0 Å². The minimum atomic E-state index is -0.251. The Hall–Kier alpha value is -2.54. The molecule has 7 heteroatoms. The predicted octanol–water partition coefficient (Wildman–Crippen LogP) is 2.54. The normalized spacial score (nSPS) is 10.5. The Bertz CT molecular complexity index is 643. The van der Waals surface area contributed by atoms with Crippen LogP contribution in [0.5, 0.6) is 17.2 Å². The third-order valence-electron chi connectivity index (χ3n) is 2.81. The zero-order chi connectivity index (χ0) is 15.9. The highest BCUT2D eigenvalue weighted by Gasteiger charge is 2.12. The van der Waals surface area contributed by atoms with Crippen molar-refractivity contribution in [2.75, 3.05) is 21.3 Å². The molecule has 1 N–H and O–H groups in total. The Kier molecular flexibility index (Phi) is 5.37. The Morgan fingerprint density at radius 2 is 1.86 bits per heavy atom. The molecule has 2 aromatic rings. The van der Waals surface area contributed by atoms with Gasteiger partial charge in [-0.3, -0.25) is 4.79 Å². The van der Waals surface area contributed by atoms with Crippen molar-refractivity contribution >= 4 is 23.5 Å². The molecule has 116 valence electrons. The number of nitrogens with one attached hydrogen (secondary N) is 1. The molecule has 0 aliphatic heterocycles. The van der Waals surface area contributed by atoms with Crippen LogP contribution in [0, 0.1) is 0 Å². The number of rotatable bonds is 6. The van der Waals surface area contributed by atoms with E-state index in [2.05, 4.69) is 10.5 Å². The fraction of sp³-hybridized carbons (Fsp3) is 0.200. The molecule has 0 radical (unpaired) electrons. The molecule has 0 fully saturated rings. The van der Waals surface area contributed by atoms with Gasteiger partial charge in [-0.2, -0.15) is 5.10 Å². The topological polar surface area (TPSA) is 69.2 Å². The van der Waals surface area contributed by atoms with Crippen LogP contribution in [0.2, 0.25) is 0 Å². The molecule has 0 unspecified atom stereocenters. The molecule has 2 rings (SSSR count). The van der Waals surface area contributed by atoms with Crippen LogP contribution in [0.3, 0.4) is 0 Å². The van der Waals surface area contributed by atoms with E-state index in [1.807, 2.05) is 11.4 Å². The Morgan fingerprint density at radius 1 is 1.18 bits per heavy atom. The summed E-state index contributed by atoms with van der Waals surface area (Å²) in [7, 11) is 4.61. The Labute approximate surface area is 132 Å². The van der Waals surface area contributed by atoms with Gasteiger partial charge in [0.05, 0.1) is 32.4 Å². The van der Waals surface area contributed by atoms with Gasteiger partial charge in [0.25, 0.3) is 5.91 Å². The van der Waals surface area contributed by atoms with Crippen LogP contribution < -0.4 is 19.6 Å². The fourth-order valence-electron chi connectivity index (χ4n) is 1.80. The first-order valence-electron chi connectivity index (χ1n) is 6.36. The van der Waals surface area contributed by atoms with Crippen LogP contribution in [0.15, 0.2) is 34.7 Å². The highest BCUT2D eigenvalue weighted by atomic mass is 32.1. The summed E-state index contributed by atoms with van der Waals surface area (Å²) in [5.41, 5.74) is 3.17. The lowest BCUT2D eigenvalue weighted by Gasteiger charge is -2.12. The van der Waals surface area contributed by atoms with Crippen molar-refractivity contribution in [2.45, 2.75) is 0 Å². The van der Waals surface area contributed by atoms with Crippen molar-refractivity contribution in [1.82, 2.24) is 5.43 Å². The van der Waals surface area contributed by atoms with E-state index in [4.69, 9.17) is 14.2 Å². The third kappa shape index (κ3) is 3.56. The number of carbonyl (C=O) groups is 1. The van der Waals surface area contributed by atoms with Gasteiger partial charge in [-0.05, 0) is 23.6 Å². The molecule has 0 atom stereocenters. The maximum absolute atomic E-state index is 11.8. The van der Waals surface area contributed by atoms with Crippen molar-refractivity contribution in [3.05, 3.63) is 40.1 Å². The molecule has 22 heavy (non-hydrogen) atoms. The average molecular weight is 320 g/mol. The predicted molar refractivity (Wildman–Crippen MR) is 85.5 cm³/mol. The molecule has 0 spiro atoms. The van der Waals surface area contributed by atoms with Gasteiger partial charge in [0.2, 0.25) is 5.75 Å². The zero-order valence-electron chi connectivity index (χ0n) is 12.5. The molecule has 1 amide bonds. The molecular formula is C15H16N2O4S. The van der Waals surface area contributed by atoms with Gasteiger partial charge in [-0.1, -0.05) is 6.07 Å². The number of hydrogen-bond donors (Lipinski definition) is 1. The summed E-state index contributed by atoms with van der Waals surface area (Å²) in [6.07, 6.45) is 1.51. The van der Waals surface area contributed by atoms with Crippen LogP contribution in [0.4, 0.5) is 0 Å². The number of hydrazone groups is 1. The summed E-state index contributed by atoms with van der Waals surface area (Å²) in [5.74, 6) is 1.30. The number of amides is 1. The average Bonchev–Trinajstić information content (AvgIpc) is 3.08. The van der Waals surface area contributed by atoms with E-state index >= 15 is 0 Å². The zero-order valence-corrected chi connectivity index (χ0v) is 13.3. The minimum Gasteiger partial charge on any atom is -0.493 e. The first-order valence-corrected chi connectivity index (χ1v) is 7.24. The molecule has 0 aliphatic carbocycles. The van der Waals surface area contributed by atoms with Crippen molar-refractivity contribution in [1.29, 1.82) is 0 Å². The Balaban J connectivity index is 2.15. The van der Waals surface area contributed by atoms with Gasteiger partial charge in [0.15, 0.2) is 11.5 Å². The maximum atomic E-state index is 11.8. The fourth-order valence-corrected chi connectivity index (χ4v) is 2.42. The quantitative estimate of drug-likeness (QED) is 0.656. The second kappa shape index (κ2) is 7.46. The number of methoxy groups -OCH3 is 3. The van der Waals surface area contributed by atoms with Crippen molar-refractivity contribution in [2.24, 2.45) is 5.10 Å². The molecule has 0 saturated carbocycles. The summed E-state index contributed by atoms with van der Waals surface area (Å²) in [4.78, 5) is 12.4. The van der Waals surface area contributed by atoms with Gasteiger partial charge >= 0.3 is 0 Å². The second-order valence-electron chi connectivity index (χ2n) is 4.14. The van der Waals surface area contributed by atoms with Crippen LogP contribution >= 0.6 is 11.3 Å². The number of hydrogen-bond acceptors (Lipinski definition) is 6. The van der Waals surface area contributed by atoms with E-state index in [1.165, 1.54) is 38.9 Å². The summed E-state index contributed by atoms with van der Waals surface area (Å²) in [6, 6.07) is 7.02. The second-order valence-corrected chi connectivity index (χ2v) is 5.08. The van der Waals surface area contributed by atoms with E-state index in [-0.39, 0.29) is 5.91 Å². The van der Waals surface area contributed by atoms with Crippen molar-refractivity contribution in [3.8, 4) is 17.2 Å². The van der Waals surface area contributed by atoms with Gasteiger partial charge in [-0.25, -0.2) is 5.43 Å². The molecule has 1 heterocycles. The first kappa shape index (κ1) is 15.8. The van der Waals surface area contributed by atoms with E-state index < -0.39 is 0 Å². The van der Waals surface area contributed by atoms with Gasteiger partial charge in [0, 0.05) is 5.56 Å². The molecule has 0 saturated heterocycles. The molecule has 6 nitrogen and oxygen atoms in total. The van der Waals surface area contributed by atoms with E-state index in [9.17, 15) is 4.79 Å². The molecular weight excluding hydrogens is 304 g/mol.